The van der Waals surface area contributed by atoms with Gasteiger partial charge in [0.05, 0.1) is 35.6 Å². The first-order valence-electron chi connectivity index (χ1n) is 10.6. The lowest BCUT2D eigenvalue weighted by Crippen LogP contribution is -2.39. The fourth-order valence-corrected chi connectivity index (χ4v) is 5.30. The first-order chi connectivity index (χ1) is 16.4. The van der Waals surface area contributed by atoms with Crippen molar-refractivity contribution in [2.24, 2.45) is 4.99 Å². The molecule has 0 radical (unpaired) electrons. The zero-order chi connectivity index (χ0) is 24.4. The number of nitrogens with zero attached hydrogens (tertiary/aromatic N) is 2. The number of esters is 1. The number of phenols is 1. The Kier molecular flexibility index (Phi) is 6.95. The van der Waals surface area contributed by atoms with Gasteiger partial charge >= 0.3 is 5.97 Å². The standard InChI is InChI=1S/C25H24N2O5S2/c1-5-32-24(30)21-14(2)26-25-27(22(21)16-7-9-17(33-4)10-8-16)23(29)20(34-25)13-15-6-11-19(31-3)18(28)12-15/h6-13,22,28H,5H2,1-4H3/b20-13-/t22-/m0/s1. The van der Waals surface area contributed by atoms with E-state index in [0.29, 0.717) is 31.9 Å². The molecule has 4 rings (SSSR count). The normalized spacial score (nSPS) is 15.6. The summed E-state index contributed by atoms with van der Waals surface area (Å²) in [5, 5.41) is 10.1. The minimum Gasteiger partial charge on any atom is -0.504 e. The highest BCUT2D eigenvalue weighted by Gasteiger charge is 2.33. The van der Waals surface area contributed by atoms with Crippen molar-refractivity contribution in [3.63, 3.8) is 0 Å². The fraction of sp³-hybridized carbons (Fsp3) is 0.240. The highest BCUT2D eigenvalue weighted by Crippen LogP contribution is 2.32. The molecule has 0 saturated heterocycles. The van der Waals surface area contributed by atoms with E-state index >= 15 is 0 Å². The predicted octanol–water partition coefficient (Wildman–Crippen LogP) is 3.23. The summed E-state index contributed by atoms with van der Waals surface area (Å²) in [6.45, 7) is 3.73. The van der Waals surface area contributed by atoms with Crippen LogP contribution in [0.3, 0.4) is 0 Å². The average Bonchev–Trinajstić information content (AvgIpc) is 3.12. The van der Waals surface area contributed by atoms with E-state index in [1.165, 1.54) is 24.5 Å². The quantitative estimate of drug-likeness (QED) is 0.416. The number of aromatic nitrogens is 1. The monoisotopic (exact) mass is 496 g/mol. The third-order valence-electron chi connectivity index (χ3n) is 5.45. The molecule has 2 aromatic carbocycles. The summed E-state index contributed by atoms with van der Waals surface area (Å²) in [5.41, 5.74) is 2.04. The summed E-state index contributed by atoms with van der Waals surface area (Å²) in [5.74, 6) is -0.157. The molecule has 1 aliphatic rings. The molecule has 1 atom stereocenters. The lowest BCUT2D eigenvalue weighted by Gasteiger charge is -2.24. The van der Waals surface area contributed by atoms with Crippen LogP contribution in [-0.2, 0) is 9.53 Å². The van der Waals surface area contributed by atoms with Crippen molar-refractivity contribution in [2.45, 2.75) is 24.8 Å². The van der Waals surface area contributed by atoms with Crippen LogP contribution in [-0.4, -0.2) is 35.6 Å². The van der Waals surface area contributed by atoms with Crippen LogP contribution in [0.5, 0.6) is 11.5 Å². The number of fused-ring (bicyclic) bond motifs is 1. The van der Waals surface area contributed by atoms with Gasteiger partial charge in [0, 0.05) is 4.90 Å². The lowest BCUT2D eigenvalue weighted by molar-refractivity contribution is -0.139. The number of ether oxygens (including phenoxy) is 2. The number of aromatic hydroxyl groups is 1. The van der Waals surface area contributed by atoms with E-state index in [-0.39, 0.29) is 17.9 Å². The molecule has 1 aliphatic heterocycles. The summed E-state index contributed by atoms with van der Waals surface area (Å²) in [7, 11) is 1.47. The Morgan fingerprint density at radius 1 is 1.26 bits per heavy atom. The average molecular weight is 497 g/mol. The number of benzene rings is 2. The molecule has 0 amide bonds. The van der Waals surface area contributed by atoms with E-state index < -0.39 is 12.0 Å². The zero-order valence-corrected chi connectivity index (χ0v) is 20.8. The topological polar surface area (TPSA) is 90.1 Å². The van der Waals surface area contributed by atoms with Crippen LogP contribution in [0.2, 0.25) is 0 Å². The van der Waals surface area contributed by atoms with Crippen LogP contribution in [0.15, 0.2) is 68.4 Å². The second-order valence-electron chi connectivity index (χ2n) is 7.51. The number of carbonyl (C=O) groups excluding carboxylic acids is 1. The Morgan fingerprint density at radius 3 is 2.62 bits per heavy atom. The lowest BCUT2D eigenvalue weighted by atomic mass is 9.96. The number of methoxy groups -OCH3 is 1. The van der Waals surface area contributed by atoms with E-state index in [2.05, 4.69) is 4.99 Å². The van der Waals surface area contributed by atoms with Crippen molar-refractivity contribution in [3.8, 4) is 11.5 Å². The number of carbonyl (C=O) groups is 1. The number of phenolic OH excluding ortho intramolecular Hbond substituents is 1. The molecule has 0 aliphatic carbocycles. The van der Waals surface area contributed by atoms with E-state index in [9.17, 15) is 14.7 Å². The summed E-state index contributed by atoms with van der Waals surface area (Å²) < 4.78 is 12.4. The smallest absolute Gasteiger partial charge is 0.338 e. The van der Waals surface area contributed by atoms with Gasteiger partial charge in [-0.25, -0.2) is 9.79 Å². The van der Waals surface area contributed by atoms with Crippen molar-refractivity contribution in [2.75, 3.05) is 20.0 Å². The van der Waals surface area contributed by atoms with Gasteiger partial charge < -0.3 is 14.6 Å². The number of rotatable bonds is 6. The summed E-state index contributed by atoms with van der Waals surface area (Å²) in [4.78, 5) is 32.7. The first kappa shape index (κ1) is 23.8. The van der Waals surface area contributed by atoms with Crippen molar-refractivity contribution in [3.05, 3.63) is 84.5 Å². The second-order valence-corrected chi connectivity index (χ2v) is 9.40. The SMILES string of the molecule is CCOC(=O)C1=C(C)N=c2s/c(=C\c3ccc(OC)c(O)c3)c(=O)n2[C@H]1c1ccc(SC)cc1. The van der Waals surface area contributed by atoms with Gasteiger partial charge in [-0.15, -0.1) is 11.8 Å². The Bertz CT molecular complexity index is 1450. The molecule has 3 aromatic rings. The molecular weight excluding hydrogens is 472 g/mol. The Balaban J connectivity index is 1.92. The van der Waals surface area contributed by atoms with Gasteiger partial charge in [0.1, 0.15) is 0 Å². The highest BCUT2D eigenvalue weighted by molar-refractivity contribution is 7.98. The first-order valence-corrected chi connectivity index (χ1v) is 12.6. The number of thioether (sulfide) groups is 1. The molecule has 0 saturated carbocycles. The molecule has 1 N–H and O–H groups in total. The van der Waals surface area contributed by atoms with Gasteiger partial charge in [0.25, 0.3) is 5.56 Å². The van der Waals surface area contributed by atoms with E-state index in [1.807, 2.05) is 30.5 Å². The summed E-state index contributed by atoms with van der Waals surface area (Å²) in [6, 6.07) is 12.0. The molecular formula is C25H24N2O5S2. The van der Waals surface area contributed by atoms with Gasteiger partial charge in [-0.3, -0.25) is 9.36 Å². The molecule has 1 aromatic heterocycles. The summed E-state index contributed by atoms with van der Waals surface area (Å²) >= 11 is 2.85. The molecule has 9 heteroatoms. The third kappa shape index (κ3) is 4.41. The van der Waals surface area contributed by atoms with Crippen LogP contribution in [0.4, 0.5) is 0 Å². The molecule has 7 nitrogen and oxygen atoms in total. The van der Waals surface area contributed by atoms with Crippen LogP contribution in [0, 0.1) is 0 Å². The minimum absolute atomic E-state index is 0.0174. The molecule has 34 heavy (non-hydrogen) atoms. The van der Waals surface area contributed by atoms with Gasteiger partial charge in [0.2, 0.25) is 0 Å². The highest BCUT2D eigenvalue weighted by atomic mass is 32.2. The van der Waals surface area contributed by atoms with Crippen molar-refractivity contribution in [1.29, 1.82) is 0 Å². The zero-order valence-electron chi connectivity index (χ0n) is 19.2. The van der Waals surface area contributed by atoms with Crippen molar-refractivity contribution < 1.29 is 19.4 Å². The number of hydrogen-bond donors (Lipinski definition) is 1. The van der Waals surface area contributed by atoms with Crippen LogP contribution >= 0.6 is 23.1 Å². The van der Waals surface area contributed by atoms with Crippen molar-refractivity contribution >= 4 is 35.1 Å². The number of thiazole rings is 1. The third-order valence-corrected chi connectivity index (χ3v) is 7.18. The van der Waals surface area contributed by atoms with Crippen LogP contribution in [0.25, 0.3) is 6.08 Å². The molecule has 2 heterocycles. The van der Waals surface area contributed by atoms with Gasteiger partial charge in [0.15, 0.2) is 16.3 Å². The molecule has 0 spiro atoms. The van der Waals surface area contributed by atoms with E-state index in [0.717, 1.165) is 10.5 Å². The van der Waals surface area contributed by atoms with Gasteiger partial charge in [-0.2, -0.15) is 0 Å². The van der Waals surface area contributed by atoms with Crippen molar-refractivity contribution in [1.82, 2.24) is 4.57 Å². The van der Waals surface area contributed by atoms with E-state index in [4.69, 9.17) is 9.47 Å². The predicted molar refractivity (Wildman–Crippen MR) is 133 cm³/mol. The molecule has 0 unspecified atom stereocenters. The number of hydrogen-bond acceptors (Lipinski definition) is 8. The number of allylic oxidation sites excluding steroid dienone is 1. The Hall–Kier alpha value is -3.30. The maximum absolute atomic E-state index is 13.6. The molecule has 176 valence electrons. The largest absolute Gasteiger partial charge is 0.504 e. The Labute approximate surface area is 204 Å². The van der Waals surface area contributed by atoms with Gasteiger partial charge in [-0.05, 0) is 61.6 Å². The van der Waals surface area contributed by atoms with E-state index in [1.54, 1.807) is 48.4 Å². The summed E-state index contributed by atoms with van der Waals surface area (Å²) in [6.07, 6.45) is 3.68. The maximum Gasteiger partial charge on any atom is 0.338 e. The Morgan fingerprint density at radius 2 is 2.00 bits per heavy atom. The van der Waals surface area contributed by atoms with Gasteiger partial charge in [-0.1, -0.05) is 29.5 Å². The molecule has 0 bridgehead atoms. The molecule has 0 fully saturated rings. The maximum atomic E-state index is 13.6. The fourth-order valence-electron chi connectivity index (χ4n) is 3.84. The van der Waals surface area contributed by atoms with Crippen LogP contribution < -0.4 is 19.6 Å². The second kappa shape index (κ2) is 9.90. The minimum atomic E-state index is -0.655. The van der Waals surface area contributed by atoms with Crippen LogP contribution in [0.1, 0.15) is 31.0 Å².